The molecule has 0 fully saturated rings. The van der Waals surface area contributed by atoms with Crippen LogP contribution in [0.2, 0.25) is 0 Å². The zero-order chi connectivity index (χ0) is 12.6. The first-order chi connectivity index (χ1) is 7.87. The summed E-state index contributed by atoms with van der Waals surface area (Å²) in [7, 11) is 0. The Morgan fingerprint density at radius 2 is 2.00 bits per heavy atom. The Labute approximate surface area is 98.8 Å². The first kappa shape index (κ1) is 11.6. The lowest BCUT2D eigenvalue weighted by Gasteiger charge is -2.19. The van der Waals surface area contributed by atoms with Gasteiger partial charge in [0.1, 0.15) is 11.4 Å². The molecule has 0 radical (unpaired) electrons. The Bertz CT molecular complexity index is 566. The van der Waals surface area contributed by atoms with E-state index in [9.17, 15) is 9.18 Å². The van der Waals surface area contributed by atoms with Crippen molar-refractivity contribution in [2.45, 2.75) is 26.4 Å². The van der Waals surface area contributed by atoms with Gasteiger partial charge in [-0.2, -0.15) is 0 Å². The summed E-state index contributed by atoms with van der Waals surface area (Å²) in [5.74, 6) is -0.374. The number of carbonyl (C=O) groups is 1. The van der Waals surface area contributed by atoms with Crippen LogP contribution in [-0.2, 0) is 4.74 Å². The van der Waals surface area contributed by atoms with Crippen molar-refractivity contribution in [2.24, 2.45) is 0 Å². The third-order valence-corrected chi connectivity index (χ3v) is 2.25. The van der Waals surface area contributed by atoms with Crippen LogP contribution in [0.5, 0.6) is 0 Å². The SMILES string of the molecule is CC(C)(C)OC(=O)n1ccc2ccc(F)cc21. The molecular weight excluding hydrogens is 221 g/mol. The van der Waals surface area contributed by atoms with Crippen LogP contribution in [0, 0.1) is 5.82 Å². The number of hydrogen-bond donors (Lipinski definition) is 0. The molecular formula is C13H14FNO2. The molecule has 90 valence electrons. The summed E-state index contributed by atoms with van der Waals surface area (Å²) in [5, 5.41) is 0.803. The van der Waals surface area contributed by atoms with Gasteiger partial charge in [-0.3, -0.25) is 4.57 Å². The van der Waals surface area contributed by atoms with E-state index in [0.29, 0.717) is 5.52 Å². The highest BCUT2D eigenvalue weighted by Gasteiger charge is 2.18. The van der Waals surface area contributed by atoms with E-state index in [1.54, 1.807) is 39.1 Å². The molecule has 0 saturated carbocycles. The standard InChI is InChI=1S/C13H14FNO2/c1-13(2,3)17-12(16)15-7-6-9-4-5-10(14)8-11(9)15/h4-8H,1-3H3. The van der Waals surface area contributed by atoms with Crippen molar-refractivity contribution in [3.63, 3.8) is 0 Å². The lowest BCUT2D eigenvalue weighted by atomic mass is 10.2. The Balaban J connectivity index is 2.42. The van der Waals surface area contributed by atoms with Crippen LogP contribution in [0.1, 0.15) is 20.8 Å². The third kappa shape index (κ3) is 2.46. The van der Waals surface area contributed by atoms with E-state index in [2.05, 4.69) is 0 Å². The summed E-state index contributed by atoms with van der Waals surface area (Å²) >= 11 is 0. The number of hydrogen-bond acceptors (Lipinski definition) is 2. The molecule has 1 heterocycles. The van der Waals surface area contributed by atoms with Gasteiger partial charge in [-0.25, -0.2) is 9.18 Å². The van der Waals surface area contributed by atoms with Crippen LogP contribution in [0.25, 0.3) is 10.9 Å². The molecule has 1 aromatic heterocycles. The van der Waals surface area contributed by atoms with Crippen LogP contribution in [0.15, 0.2) is 30.5 Å². The van der Waals surface area contributed by atoms with Crippen LogP contribution < -0.4 is 0 Å². The predicted molar refractivity (Wildman–Crippen MR) is 63.5 cm³/mol. The molecule has 3 nitrogen and oxygen atoms in total. The number of carbonyl (C=O) groups excluding carboxylic acids is 1. The number of rotatable bonds is 0. The lowest BCUT2D eigenvalue weighted by molar-refractivity contribution is 0.0544. The largest absolute Gasteiger partial charge is 0.443 e. The lowest BCUT2D eigenvalue weighted by Crippen LogP contribution is -2.26. The van der Waals surface area contributed by atoms with Crippen molar-refractivity contribution in [1.29, 1.82) is 0 Å². The summed E-state index contributed by atoms with van der Waals surface area (Å²) in [6.45, 7) is 5.37. The molecule has 0 saturated heterocycles. The van der Waals surface area contributed by atoms with Crippen LogP contribution >= 0.6 is 0 Å². The first-order valence-corrected chi connectivity index (χ1v) is 5.37. The monoisotopic (exact) mass is 235 g/mol. The quantitative estimate of drug-likeness (QED) is 0.699. The fourth-order valence-electron chi connectivity index (χ4n) is 1.57. The summed E-state index contributed by atoms with van der Waals surface area (Å²) < 4.78 is 19.7. The molecule has 0 atom stereocenters. The second-order valence-corrected chi connectivity index (χ2v) is 4.87. The van der Waals surface area contributed by atoms with Gasteiger partial charge >= 0.3 is 6.09 Å². The zero-order valence-electron chi connectivity index (χ0n) is 10.0. The fraction of sp³-hybridized carbons (Fsp3) is 0.308. The van der Waals surface area contributed by atoms with Gasteiger partial charge in [0.15, 0.2) is 0 Å². The maximum Gasteiger partial charge on any atom is 0.418 e. The number of ether oxygens (including phenoxy) is 1. The van der Waals surface area contributed by atoms with Gasteiger partial charge in [0, 0.05) is 11.6 Å². The normalized spacial score (nSPS) is 11.8. The molecule has 0 spiro atoms. The minimum absolute atomic E-state index is 0.374. The van der Waals surface area contributed by atoms with E-state index in [1.165, 1.54) is 16.7 Å². The molecule has 2 aromatic rings. The van der Waals surface area contributed by atoms with E-state index in [-0.39, 0.29) is 5.82 Å². The molecule has 1 aromatic carbocycles. The van der Waals surface area contributed by atoms with Gasteiger partial charge in [0.25, 0.3) is 0 Å². The number of nitrogens with zero attached hydrogens (tertiary/aromatic N) is 1. The molecule has 17 heavy (non-hydrogen) atoms. The van der Waals surface area contributed by atoms with E-state index >= 15 is 0 Å². The molecule has 0 unspecified atom stereocenters. The van der Waals surface area contributed by atoms with Crippen LogP contribution in [0.3, 0.4) is 0 Å². The Kier molecular flexibility index (Phi) is 2.65. The first-order valence-electron chi connectivity index (χ1n) is 5.37. The van der Waals surface area contributed by atoms with Gasteiger partial charge in [0.05, 0.1) is 5.52 Å². The van der Waals surface area contributed by atoms with Gasteiger partial charge in [-0.1, -0.05) is 0 Å². The van der Waals surface area contributed by atoms with Gasteiger partial charge < -0.3 is 4.74 Å². The minimum Gasteiger partial charge on any atom is -0.443 e. The van der Waals surface area contributed by atoms with E-state index in [0.717, 1.165) is 5.39 Å². The summed E-state index contributed by atoms with van der Waals surface area (Å²) in [6.07, 6.45) is 1.08. The molecule has 0 aliphatic carbocycles. The summed E-state index contributed by atoms with van der Waals surface area (Å²) in [6, 6.07) is 6.06. The van der Waals surface area contributed by atoms with Gasteiger partial charge in [-0.05, 0) is 45.0 Å². The molecule has 2 rings (SSSR count). The average molecular weight is 235 g/mol. The highest BCUT2D eigenvalue weighted by Crippen LogP contribution is 2.19. The fourth-order valence-corrected chi connectivity index (χ4v) is 1.57. The van der Waals surface area contributed by atoms with Crippen LogP contribution in [-0.4, -0.2) is 16.3 Å². The molecule has 0 aliphatic rings. The maximum atomic E-state index is 13.1. The topological polar surface area (TPSA) is 31.2 Å². The van der Waals surface area contributed by atoms with Crippen LogP contribution in [0.4, 0.5) is 9.18 Å². The molecule has 0 bridgehead atoms. The van der Waals surface area contributed by atoms with E-state index in [4.69, 9.17) is 4.74 Å². The summed E-state index contributed by atoms with van der Waals surface area (Å²) in [4.78, 5) is 11.9. The smallest absolute Gasteiger partial charge is 0.418 e. The average Bonchev–Trinajstić information content (AvgIpc) is 2.57. The maximum absolute atomic E-state index is 13.1. The van der Waals surface area contributed by atoms with Gasteiger partial charge in [-0.15, -0.1) is 0 Å². The third-order valence-electron chi connectivity index (χ3n) is 2.25. The highest BCUT2D eigenvalue weighted by molar-refractivity contribution is 5.89. The Morgan fingerprint density at radius 3 is 2.65 bits per heavy atom. The number of aromatic nitrogens is 1. The highest BCUT2D eigenvalue weighted by atomic mass is 19.1. The second kappa shape index (κ2) is 3.87. The molecule has 0 amide bonds. The minimum atomic E-state index is -0.568. The second-order valence-electron chi connectivity index (χ2n) is 4.87. The van der Waals surface area contributed by atoms with E-state index in [1.807, 2.05) is 0 Å². The zero-order valence-corrected chi connectivity index (χ0v) is 10.0. The van der Waals surface area contributed by atoms with Crippen molar-refractivity contribution >= 4 is 17.0 Å². The van der Waals surface area contributed by atoms with E-state index < -0.39 is 11.7 Å². The van der Waals surface area contributed by atoms with Crippen molar-refractivity contribution in [3.05, 3.63) is 36.3 Å². The molecule has 0 N–H and O–H groups in total. The van der Waals surface area contributed by atoms with Gasteiger partial charge in [0.2, 0.25) is 0 Å². The molecule has 0 aliphatic heterocycles. The predicted octanol–water partition coefficient (Wildman–Crippen LogP) is 3.56. The summed E-state index contributed by atoms with van der Waals surface area (Å²) in [5.41, 5.74) is -0.0553. The van der Waals surface area contributed by atoms with Crippen molar-refractivity contribution < 1.29 is 13.9 Å². The number of benzene rings is 1. The molecule has 4 heteroatoms. The number of halogens is 1. The number of fused-ring (bicyclic) bond motifs is 1. The van der Waals surface area contributed by atoms with Crippen molar-refractivity contribution in [1.82, 2.24) is 4.57 Å². The van der Waals surface area contributed by atoms with Crippen molar-refractivity contribution in [3.8, 4) is 0 Å². The Hall–Kier alpha value is -1.84. The van der Waals surface area contributed by atoms with Crippen molar-refractivity contribution in [2.75, 3.05) is 0 Å². The Morgan fingerprint density at radius 1 is 1.29 bits per heavy atom.